The van der Waals surface area contributed by atoms with Crippen molar-refractivity contribution in [2.24, 2.45) is 0 Å². The lowest BCUT2D eigenvalue weighted by molar-refractivity contribution is 0.0737. The van der Waals surface area contributed by atoms with Crippen LogP contribution >= 0.6 is 0 Å². The monoisotopic (exact) mass is 364 g/mol. The molecule has 5 aromatic rings. The van der Waals surface area contributed by atoms with Crippen LogP contribution in [-0.4, -0.2) is 15.9 Å². The fourth-order valence-electron chi connectivity index (χ4n) is 3.34. The van der Waals surface area contributed by atoms with E-state index in [-0.39, 0.29) is 5.97 Å². The summed E-state index contributed by atoms with van der Waals surface area (Å²) in [5.41, 5.74) is 3.40. The van der Waals surface area contributed by atoms with E-state index in [9.17, 15) is 4.79 Å². The number of hydrogen-bond donors (Lipinski definition) is 1. The van der Waals surface area contributed by atoms with Crippen LogP contribution in [0.5, 0.6) is 5.75 Å². The molecular formula is C24H16N2O2. The molecule has 0 fully saturated rings. The number of nitrogens with one attached hydrogen (secondary N) is 1. The normalized spacial score (nSPS) is 11.0. The van der Waals surface area contributed by atoms with E-state index in [2.05, 4.69) is 9.97 Å². The highest BCUT2D eigenvalue weighted by molar-refractivity contribution is 6.05. The van der Waals surface area contributed by atoms with Crippen LogP contribution in [0.3, 0.4) is 0 Å². The molecule has 4 nitrogen and oxygen atoms in total. The van der Waals surface area contributed by atoms with Gasteiger partial charge in [0.05, 0.1) is 16.6 Å². The van der Waals surface area contributed by atoms with Gasteiger partial charge in [-0.05, 0) is 53.2 Å². The van der Waals surface area contributed by atoms with E-state index in [1.807, 2.05) is 72.8 Å². The Kier molecular flexibility index (Phi) is 3.87. The van der Waals surface area contributed by atoms with Crippen LogP contribution in [0.1, 0.15) is 10.4 Å². The molecule has 134 valence electrons. The fraction of sp³-hybridized carbons (Fsp3) is 0. The Morgan fingerprint density at radius 1 is 0.786 bits per heavy atom. The van der Waals surface area contributed by atoms with E-state index in [0.29, 0.717) is 11.3 Å². The van der Waals surface area contributed by atoms with E-state index in [1.165, 1.54) is 0 Å². The maximum absolute atomic E-state index is 12.7. The van der Waals surface area contributed by atoms with Crippen LogP contribution in [0, 0.1) is 0 Å². The van der Waals surface area contributed by atoms with Gasteiger partial charge in [0.1, 0.15) is 11.6 Å². The SMILES string of the molecule is O=C(Oc1ccc(-c2nc3ccccc3[nH]2)cc1)c1cccc2ccccc12. The van der Waals surface area contributed by atoms with Gasteiger partial charge >= 0.3 is 5.97 Å². The molecule has 0 aliphatic rings. The van der Waals surface area contributed by atoms with Crippen molar-refractivity contribution < 1.29 is 9.53 Å². The summed E-state index contributed by atoms with van der Waals surface area (Å²) in [5.74, 6) is 0.916. The van der Waals surface area contributed by atoms with E-state index < -0.39 is 0 Å². The van der Waals surface area contributed by atoms with Crippen LogP contribution in [0.15, 0.2) is 91.0 Å². The number of para-hydroxylation sites is 2. The molecule has 0 saturated heterocycles. The molecule has 5 rings (SSSR count). The first-order valence-corrected chi connectivity index (χ1v) is 9.03. The number of imidazole rings is 1. The van der Waals surface area contributed by atoms with Crippen LogP contribution in [-0.2, 0) is 0 Å². The van der Waals surface area contributed by atoms with Crippen molar-refractivity contribution >= 4 is 27.8 Å². The van der Waals surface area contributed by atoms with Crippen LogP contribution in [0.2, 0.25) is 0 Å². The third-order valence-corrected chi connectivity index (χ3v) is 4.74. The third kappa shape index (κ3) is 2.91. The zero-order valence-corrected chi connectivity index (χ0v) is 14.9. The maximum Gasteiger partial charge on any atom is 0.344 e. The van der Waals surface area contributed by atoms with Crippen molar-refractivity contribution in [3.8, 4) is 17.1 Å². The summed E-state index contributed by atoms with van der Waals surface area (Å²) < 4.78 is 5.59. The number of aromatic amines is 1. The maximum atomic E-state index is 12.7. The summed E-state index contributed by atoms with van der Waals surface area (Å²) in [5, 5.41) is 1.89. The van der Waals surface area contributed by atoms with Gasteiger partial charge in [-0.3, -0.25) is 0 Å². The predicted octanol–water partition coefficient (Wildman–Crippen LogP) is 5.60. The molecule has 0 saturated carbocycles. The standard InChI is InChI=1S/C24H16N2O2/c27-24(20-9-5-7-16-6-1-2-8-19(16)20)28-18-14-12-17(13-15-18)23-25-21-10-3-4-11-22(21)26-23/h1-15H,(H,25,26). The molecular weight excluding hydrogens is 348 g/mol. The molecule has 0 radical (unpaired) electrons. The zero-order valence-electron chi connectivity index (χ0n) is 14.9. The number of hydrogen-bond acceptors (Lipinski definition) is 3. The largest absolute Gasteiger partial charge is 0.423 e. The lowest BCUT2D eigenvalue weighted by Crippen LogP contribution is -2.09. The summed E-state index contributed by atoms with van der Waals surface area (Å²) in [4.78, 5) is 20.6. The number of benzene rings is 4. The lowest BCUT2D eigenvalue weighted by atomic mass is 10.0. The summed E-state index contributed by atoms with van der Waals surface area (Å²) in [6, 6.07) is 28.7. The number of carbonyl (C=O) groups excluding carboxylic acids is 1. The highest BCUT2D eigenvalue weighted by atomic mass is 16.5. The van der Waals surface area contributed by atoms with Gasteiger partial charge < -0.3 is 9.72 Å². The van der Waals surface area contributed by atoms with Crippen molar-refractivity contribution in [2.45, 2.75) is 0 Å². The second-order valence-electron chi connectivity index (χ2n) is 6.54. The van der Waals surface area contributed by atoms with Gasteiger partial charge in [-0.2, -0.15) is 0 Å². The van der Waals surface area contributed by atoms with Gasteiger partial charge in [0.2, 0.25) is 0 Å². The molecule has 0 amide bonds. The zero-order chi connectivity index (χ0) is 18.9. The Bertz CT molecular complexity index is 1270. The Morgan fingerprint density at radius 3 is 2.39 bits per heavy atom. The lowest BCUT2D eigenvalue weighted by Gasteiger charge is -2.07. The average molecular weight is 364 g/mol. The predicted molar refractivity (Wildman–Crippen MR) is 110 cm³/mol. The molecule has 0 aliphatic carbocycles. The highest BCUT2D eigenvalue weighted by Gasteiger charge is 2.12. The molecule has 4 aromatic carbocycles. The van der Waals surface area contributed by atoms with Crippen LogP contribution < -0.4 is 4.74 Å². The van der Waals surface area contributed by atoms with E-state index in [1.54, 1.807) is 18.2 Å². The van der Waals surface area contributed by atoms with Gasteiger partial charge in [0, 0.05) is 5.56 Å². The van der Waals surface area contributed by atoms with Gasteiger partial charge in [-0.1, -0.05) is 48.5 Å². The summed E-state index contributed by atoms with van der Waals surface area (Å²) in [6.45, 7) is 0. The smallest absolute Gasteiger partial charge is 0.344 e. The second-order valence-corrected chi connectivity index (χ2v) is 6.54. The molecule has 0 spiro atoms. The van der Waals surface area contributed by atoms with Crippen molar-refractivity contribution in [3.05, 3.63) is 96.6 Å². The first kappa shape index (κ1) is 16.3. The van der Waals surface area contributed by atoms with Crippen molar-refractivity contribution in [1.82, 2.24) is 9.97 Å². The number of aromatic nitrogens is 2. The minimum absolute atomic E-state index is 0.367. The van der Waals surface area contributed by atoms with Gasteiger partial charge in [-0.25, -0.2) is 9.78 Å². The molecule has 0 aliphatic heterocycles. The number of rotatable bonds is 3. The Labute approximate surface area is 161 Å². The number of carbonyl (C=O) groups is 1. The number of H-pyrrole nitrogens is 1. The number of nitrogens with zero attached hydrogens (tertiary/aromatic N) is 1. The van der Waals surface area contributed by atoms with Crippen molar-refractivity contribution in [2.75, 3.05) is 0 Å². The minimum atomic E-state index is -0.367. The molecule has 0 atom stereocenters. The van der Waals surface area contributed by atoms with Crippen molar-refractivity contribution in [1.29, 1.82) is 0 Å². The van der Waals surface area contributed by atoms with E-state index >= 15 is 0 Å². The molecule has 0 bridgehead atoms. The Morgan fingerprint density at radius 2 is 1.54 bits per heavy atom. The molecule has 0 unspecified atom stereocenters. The Hall–Kier alpha value is -3.92. The number of ether oxygens (including phenoxy) is 1. The van der Waals surface area contributed by atoms with Crippen LogP contribution in [0.25, 0.3) is 33.2 Å². The van der Waals surface area contributed by atoms with E-state index in [0.717, 1.165) is 33.2 Å². The van der Waals surface area contributed by atoms with E-state index in [4.69, 9.17) is 4.74 Å². The second kappa shape index (κ2) is 6.67. The molecule has 4 heteroatoms. The highest BCUT2D eigenvalue weighted by Crippen LogP contribution is 2.24. The van der Waals surface area contributed by atoms with Gasteiger partial charge in [0.15, 0.2) is 0 Å². The fourth-order valence-corrected chi connectivity index (χ4v) is 3.34. The van der Waals surface area contributed by atoms with Gasteiger partial charge in [0.25, 0.3) is 0 Å². The summed E-state index contributed by atoms with van der Waals surface area (Å²) in [7, 11) is 0. The quantitative estimate of drug-likeness (QED) is 0.335. The molecule has 28 heavy (non-hydrogen) atoms. The summed E-state index contributed by atoms with van der Waals surface area (Å²) in [6.07, 6.45) is 0. The van der Waals surface area contributed by atoms with Crippen LogP contribution in [0.4, 0.5) is 0 Å². The summed E-state index contributed by atoms with van der Waals surface area (Å²) >= 11 is 0. The third-order valence-electron chi connectivity index (χ3n) is 4.74. The molecule has 1 heterocycles. The minimum Gasteiger partial charge on any atom is -0.423 e. The van der Waals surface area contributed by atoms with Gasteiger partial charge in [-0.15, -0.1) is 0 Å². The van der Waals surface area contributed by atoms with Crippen molar-refractivity contribution in [3.63, 3.8) is 0 Å². The number of fused-ring (bicyclic) bond motifs is 2. The first-order chi connectivity index (χ1) is 13.8. The first-order valence-electron chi connectivity index (χ1n) is 9.03. The molecule has 1 N–H and O–H groups in total. The topological polar surface area (TPSA) is 55.0 Å². The number of esters is 1. The Balaban J connectivity index is 1.40. The molecule has 1 aromatic heterocycles. The average Bonchev–Trinajstić information content (AvgIpc) is 3.18.